The van der Waals surface area contributed by atoms with Crippen LogP contribution in [0.1, 0.15) is 16.2 Å². The maximum Gasteiger partial charge on any atom is 0.278 e. The molecule has 0 aliphatic heterocycles. The molecule has 0 aliphatic carbocycles. The normalized spacial score (nSPS) is 10.7. The van der Waals surface area contributed by atoms with Crippen molar-refractivity contribution >= 4 is 50.9 Å². The molecule has 162 valence electrons. The lowest BCUT2D eigenvalue weighted by molar-refractivity contribution is 0.102. The Bertz CT molecular complexity index is 1240. The number of nitrogens with one attached hydrogen (secondary N) is 1. The minimum absolute atomic E-state index is 0.179. The summed E-state index contributed by atoms with van der Waals surface area (Å²) in [7, 11) is 1.52. The number of nitrogens with zero attached hydrogens (tertiary/aromatic N) is 5. The Labute approximate surface area is 201 Å². The van der Waals surface area contributed by atoms with E-state index in [4.69, 9.17) is 16.3 Å². The van der Waals surface area contributed by atoms with E-state index >= 15 is 0 Å². The van der Waals surface area contributed by atoms with Crippen LogP contribution in [0.3, 0.4) is 0 Å². The van der Waals surface area contributed by atoms with E-state index in [1.807, 2.05) is 24.3 Å². The second-order valence-corrected chi connectivity index (χ2v) is 8.69. The second-order valence-electron chi connectivity index (χ2n) is 6.39. The molecule has 1 N–H and O–H groups in total. The van der Waals surface area contributed by atoms with E-state index < -0.39 is 5.91 Å². The number of amides is 1. The lowest BCUT2D eigenvalue weighted by Crippen LogP contribution is -2.16. The molecule has 4 aromatic rings. The van der Waals surface area contributed by atoms with Gasteiger partial charge in [-0.2, -0.15) is 0 Å². The molecule has 32 heavy (non-hydrogen) atoms. The molecule has 2 aromatic carbocycles. The Hall–Kier alpha value is -2.95. The van der Waals surface area contributed by atoms with Crippen LogP contribution >= 0.6 is 39.3 Å². The molecule has 0 saturated carbocycles. The van der Waals surface area contributed by atoms with Crippen LogP contribution in [0.5, 0.6) is 5.75 Å². The van der Waals surface area contributed by atoms with E-state index in [-0.39, 0.29) is 5.69 Å². The van der Waals surface area contributed by atoms with Crippen LogP contribution in [0.25, 0.3) is 5.69 Å². The van der Waals surface area contributed by atoms with Gasteiger partial charge in [-0.3, -0.25) is 4.79 Å². The molecule has 2 aromatic heterocycles. The van der Waals surface area contributed by atoms with Gasteiger partial charge in [-0.05, 0) is 48.5 Å². The summed E-state index contributed by atoms with van der Waals surface area (Å²) in [5.74, 6) is 0.429. The molecular formula is C21H16BrClN6O2S. The number of hydrogen-bond acceptors (Lipinski definition) is 7. The van der Waals surface area contributed by atoms with Gasteiger partial charge >= 0.3 is 0 Å². The van der Waals surface area contributed by atoms with Gasteiger partial charge in [0.1, 0.15) is 5.75 Å². The summed E-state index contributed by atoms with van der Waals surface area (Å²) < 4.78 is 7.88. The Kier molecular flexibility index (Phi) is 7.03. The maximum atomic E-state index is 13.2. The van der Waals surface area contributed by atoms with Crippen LogP contribution in [0, 0.1) is 0 Å². The summed E-state index contributed by atoms with van der Waals surface area (Å²) in [6.45, 7) is 0. The predicted octanol–water partition coefficient (Wildman–Crippen LogP) is 5.03. The van der Waals surface area contributed by atoms with Gasteiger partial charge in [-0.1, -0.05) is 44.5 Å². The fourth-order valence-electron chi connectivity index (χ4n) is 2.85. The number of halogens is 2. The van der Waals surface area contributed by atoms with Crippen LogP contribution in [-0.4, -0.2) is 38.0 Å². The number of thioether (sulfide) groups is 1. The molecule has 11 heteroatoms. The zero-order valence-electron chi connectivity index (χ0n) is 16.7. The standard InChI is InChI=1S/C21H16BrClN6O2S/c1-31-18-8-5-14(23)11-16(18)26-20(30)19-17(12-32-21-24-9-2-10-25-21)29(28-27-19)15-6-3-13(22)4-7-15/h2-11H,12H2,1H3,(H,26,30). The summed E-state index contributed by atoms with van der Waals surface area (Å²) in [5, 5.41) is 12.3. The predicted molar refractivity (Wildman–Crippen MR) is 127 cm³/mol. The van der Waals surface area contributed by atoms with E-state index in [9.17, 15) is 4.79 Å². The Morgan fingerprint density at radius 1 is 1.19 bits per heavy atom. The molecule has 0 spiro atoms. The van der Waals surface area contributed by atoms with Crippen LogP contribution in [0.15, 0.2) is 70.6 Å². The third kappa shape index (κ3) is 5.09. The summed E-state index contributed by atoms with van der Waals surface area (Å²) in [6, 6.07) is 14.3. The molecule has 0 atom stereocenters. The molecule has 8 nitrogen and oxygen atoms in total. The largest absolute Gasteiger partial charge is 0.495 e. The highest BCUT2D eigenvalue weighted by Crippen LogP contribution is 2.29. The average molecular weight is 532 g/mol. The Morgan fingerprint density at radius 3 is 2.66 bits per heavy atom. The lowest BCUT2D eigenvalue weighted by atomic mass is 10.2. The van der Waals surface area contributed by atoms with Crippen molar-refractivity contribution in [1.29, 1.82) is 0 Å². The summed E-state index contributed by atoms with van der Waals surface area (Å²) in [5.41, 5.74) is 1.99. The highest BCUT2D eigenvalue weighted by molar-refractivity contribution is 9.10. The fraction of sp³-hybridized carbons (Fsp3) is 0.0952. The molecule has 0 radical (unpaired) electrons. The highest BCUT2D eigenvalue weighted by Gasteiger charge is 2.22. The number of ether oxygens (including phenoxy) is 1. The van der Waals surface area contributed by atoms with Crippen molar-refractivity contribution in [2.75, 3.05) is 12.4 Å². The molecule has 0 unspecified atom stereocenters. The number of hydrogen-bond donors (Lipinski definition) is 1. The van der Waals surface area contributed by atoms with E-state index in [1.165, 1.54) is 18.9 Å². The van der Waals surface area contributed by atoms with E-state index in [0.717, 1.165) is 10.2 Å². The number of methoxy groups -OCH3 is 1. The maximum absolute atomic E-state index is 13.2. The minimum Gasteiger partial charge on any atom is -0.495 e. The van der Waals surface area contributed by atoms with Gasteiger partial charge in [0.2, 0.25) is 0 Å². The smallest absolute Gasteiger partial charge is 0.278 e. The van der Waals surface area contributed by atoms with Gasteiger partial charge in [-0.15, -0.1) is 5.10 Å². The third-order valence-corrected chi connectivity index (χ3v) is 5.99. The minimum atomic E-state index is -0.432. The monoisotopic (exact) mass is 530 g/mol. The van der Waals surface area contributed by atoms with Crippen molar-refractivity contribution < 1.29 is 9.53 Å². The quantitative estimate of drug-likeness (QED) is 0.264. The number of anilines is 1. The molecular weight excluding hydrogens is 516 g/mol. The van der Waals surface area contributed by atoms with Crippen LogP contribution in [-0.2, 0) is 5.75 Å². The van der Waals surface area contributed by atoms with Gasteiger partial charge in [0.25, 0.3) is 5.91 Å². The first-order valence-corrected chi connectivity index (χ1v) is 11.5. The van der Waals surface area contributed by atoms with Crippen LogP contribution in [0.4, 0.5) is 5.69 Å². The topological polar surface area (TPSA) is 94.8 Å². The summed E-state index contributed by atoms with van der Waals surface area (Å²) >= 11 is 10.9. The number of aromatic nitrogens is 5. The van der Waals surface area contributed by atoms with Gasteiger partial charge in [-0.25, -0.2) is 14.6 Å². The van der Waals surface area contributed by atoms with Crippen molar-refractivity contribution in [3.05, 3.63) is 81.8 Å². The van der Waals surface area contributed by atoms with Crippen molar-refractivity contribution in [2.45, 2.75) is 10.9 Å². The van der Waals surface area contributed by atoms with Gasteiger partial charge in [0.05, 0.1) is 24.2 Å². The Morgan fingerprint density at radius 2 is 1.94 bits per heavy atom. The van der Waals surface area contributed by atoms with E-state index in [2.05, 4.69) is 41.5 Å². The zero-order chi connectivity index (χ0) is 22.5. The average Bonchev–Trinajstić information content (AvgIpc) is 3.23. The Balaban J connectivity index is 1.68. The number of carbonyl (C=O) groups excluding carboxylic acids is 1. The third-order valence-electron chi connectivity index (χ3n) is 4.34. The van der Waals surface area contributed by atoms with Crippen LogP contribution in [0.2, 0.25) is 5.02 Å². The molecule has 1 amide bonds. The van der Waals surface area contributed by atoms with Crippen molar-refractivity contribution in [3.8, 4) is 11.4 Å². The summed E-state index contributed by atoms with van der Waals surface area (Å²) in [4.78, 5) is 21.6. The molecule has 2 heterocycles. The van der Waals surface area contributed by atoms with Crippen LogP contribution < -0.4 is 10.1 Å². The molecule has 0 fully saturated rings. The fourth-order valence-corrected chi connectivity index (χ4v) is 4.08. The number of carbonyl (C=O) groups is 1. The van der Waals surface area contributed by atoms with Gasteiger partial charge in [0, 0.05) is 27.6 Å². The van der Waals surface area contributed by atoms with Crippen molar-refractivity contribution in [3.63, 3.8) is 0 Å². The highest BCUT2D eigenvalue weighted by atomic mass is 79.9. The first-order valence-electron chi connectivity index (χ1n) is 9.30. The zero-order valence-corrected chi connectivity index (χ0v) is 19.9. The molecule has 0 aliphatic rings. The first-order chi connectivity index (χ1) is 15.5. The lowest BCUT2D eigenvalue weighted by Gasteiger charge is -2.11. The van der Waals surface area contributed by atoms with Gasteiger partial charge in [0.15, 0.2) is 10.9 Å². The second kappa shape index (κ2) is 10.1. The molecule has 0 bridgehead atoms. The van der Waals surface area contributed by atoms with E-state index in [1.54, 1.807) is 41.3 Å². The van der Waals surface area contributed by atoms with Crippen molar-refractivity contribution in [2.24, 2.45) is 0 Å². The summed E-state index contributed by atoms with van der Waals surface area (Å²) in [6.07, 6.45) is 3.33. The number of rotatable bonds is 7. The van der Waals surface area contributed by atoms with E-state index in [0.29, 0.717) is 33.1 Å². The van der Waals surface area contributed by atoms with Gasteiger partial charge < -0.3 is 10.1 Å². The molecule has 4 rings (SSSR count). The first kappa shape index (κ1) is 22.3. The SMILES string of the molecule is COc1ccc(Cl)cc1NC(=O)c1nnn(-c2ccc(Br)cc2)c1CSc1ncccn1. The van der Waals surface area contributed by atoms with Crippen molar-refractivity contribution in [1.82, 2.24) is 25.0 Å². The molecule has 0 saturated heterocycles. The number of benzene rings is 2.